The predicted octanol–water partition coefficient (Wildman–Crippen LogP) is 10.3. The summed E-state index contributed by atoms with van der Waals surface area (Å²) in [7, 11) is 0. The maximum absolute atomic E-state index is 7.52. The molecule has 0 aromatic heterocycles. The first-order valence-electron chi connectivity index (χ1n) is 19.2. The van der Waals surface area contributed by atoms with Crippen molar-refractivity contribution >= 4 is 49.8 Å². The van der Waals surface area contributed by atoms with E-state index in [2.05, 4.69) is 174 Å². The van der Waals surface area contributed by atoms with Gasteiger partial charge < -0.3 is 0 Å². The van der Waals surface area contributed by atoms with Crippen LogP contribution in [0.4, 0.5) is 17.1 Å². The molecule has 7 aromatic rings. The normalized spacial score (nSPS) is 17.0. The molecule has 0 radical (unpaired) electrons. The van der Waals surface area contributed by atoms with Crippen molar-refractivity contribution in [3.05, 3.63) is 161 Å². The Balaban J connectivity index is 1.35. The van der Waals surface area contributed by atoms with E-state index in [0.29, 0.717) is 0 Å². The Hall–Kier alpha value is -5.26. The molecule has 260 valence electrons. The molecule has 0 saturated carbocycles. The average Bonchev–Trinajstić information content (AvgIpc) is 3.55. The molecule has 12 rings (SSSR count). The minimum absolute atomic E-state index is 0.255. The Labute approximate surface area is 320 Å². The number of hydrogen-bond donors (Lipinski definition) is 0. The maximum atomic E-state index is 7.52. The molecule has 0 amide bonds. The van der Waals surface area contributed by atoms with Crippen LogP contribution in [0.5, 0.6) is 23.0 Å². The summed E-state index contributed by atoms with van der Waals surface area (Å²) < 4.78 is 20.6. The van der Waals surface area contributed by atoms with Crippen molar-refractivity contribution in [3.8, 4) is 45.3 Å². The van der Waals surface area contributed by atoms with Gasteiger partial charge in [0.1, 0.15) is 0 Å². The van der Waals surface area contributed by atoms with Gasteiger partial charge in [-0.3, -0.25) is 0 Å². The van der Waals surface area contributed by atoms with Crippen LogP contribution in [0.2, 0.25) is 0 Å². The molecule has 3 heterocycles. The molecule has 0 fully saturated rings. The topological polar surface area (TPSA) is 21.7 Å². The Kier molecular flexibility index (Phi) is 5.81. The van der Waals surface area contributed by atoms with E-state index < -0.39 is 18.4 Å². The first-order chi connectivity index (χ1) is 26.1. The van der Waals surface area contributed by atoms with Crippen LogP contribution in [0.25, 0.3) is 22.3 Å². The van der Waals surface area contributed by atoms with Gasteiger partial charge in [-0.1, -0.05) is 0 Å². The molecule has 4 heteroatoms. The van der Waals surface area contributed by atoms with Crippen LogP contribution < -0.4 is 28.7 Å². The minimum atomic E-state index is -4.39. The molecule has 0 saturated heterocycles. The van der Waals surface area contributed by atoms with E-state index in [1.54, 1.807) is 0 Å². The molecule has 5 aliphatic rings. The molecule has 0 atom stereocenters. The van der Waals surface area contributed by atoms with Crippen LogP contribution in [0.1, 0.15) is 61.1 Å². The molecular formula is C50H39NO2Sn. The van der Waals surface area contributed by atoms with Crippen LogP contribution >= 0.6 is 0 Å². The van der Waals surface area contributed by atoms with E-state index in [4.69, 9.17) is 9.47 Å². The van der Waals surface area contributed by atoms with Crippen molar-refractivity contribution in [1.29, 1.82) is 0 Å². The van der Waals surface area contributed by atoms with Crippen LogP contribution in [-0.4, -0.2) is 18.4 Å². The summed E-state index contributed by atoms with van der Waals surface area (Å²) >= 11 is -4.39. The summed E-state index contributed by atoms with van der Waals surface area (Å²) in [6.45, 7) is 13.9. The zero-order valence-electron chi connectivity index (χ0n) is 31.4. The fraction of sp³-hybridized carbons (Fsp3) is 0.160. The van der Waals surface area contributed by atoms with Gasteiger partial charge in [-0.05, 0) is 0 Å². The van der Waals surface area contributed by atoms with Crippen molar-refractivity contribution in [1.82, 2.24) is 0 Å². The van der Waals surface area contributed by atoms with Crippen molar-refractivity contribution in [2.75, 3.05) is 4.90 Å². The summed E-state index contributed by atoms with van der Waals surface area (Å²) in [5, 5.41) is 0. The van der Waals surface area contributed by atoms with Crippen molar-refractivity contribution in [2.24, 2.45) is 0 Å². The van der Waals surface area contributed by atoms with Gasteiger partial charge >= 0.3 is 323 Å². The van der Waals surface area contributed by atoms with Crippen LogP contribution in [0.3, 0.4) is 0 Å². The van der Waals surface area contributed by atoms with Gasteiger partial charge in [0, 0.05) is 0 Å². The SMILES string of the molecule is Cc1ccc(N2c3cc4c(c5[c]3[Sn]3([c]6ccccc6)[c]6c(cc(C)cc6Oc6c7c(cc2[c]63)-c2ccccc2C7(C)C)O5)C(C)(C)c2ccccc2-4)cc1. The predicted molar refractivity (Wildman–Crippen MR) is 223 cm³/mol. The molecule has 3 aliphatic heterocycles. The number of benzene rings is 7. The Morgan fingerprint density at radius 2 is 0.963 bits per heavy atom. The Bertz CT molecular complexity index is 2700. The summed E-state index contributed by atoms with van der Waals surface area (Å²) in [5.41, 5.74) is 16.0. The second-order valence-electron chi connectivity index (χ2n) is 17.0. The van der Waals surface area contributed by atoms with Crippen LogP contribution in [-0.2, 0) is 10.8 Å². The van der Waals surface area contributed by atoms with E-state index in [1.807, 2.05) is 0 Å². The summed E-state index contributed by atoms with van der Waals surface area (Å²) in [6, 6.07) is 48.2. The number of fused-ring (bicyclic) bond motifs is 8. The van der Waals surface area contributed by atoms with E-state index in [1.165, 1.54) is 75.8 Å². The van der Waals surface area contributed by atoms with E-state index in [-0.39, 0.29) is 10.8 Å². The van der Waals surface area contributed by atoms with Crippen molar-refractivity contribution < 1.29 is 9.47 Å². The number of nitrogens with zero attached hydrogens (tertiary/aromatic N) is 1. The van der Waals surface area contributed by atoms with Gasteiger partial charge in [-0.2, -0.15) is 0 Å². The number of rotatable bonds is 2. The molecule has 2 aliphatic carbocycles. The molecule has 0 bridgehead atoms. The summed E-state index contributed by atoms with van der Waals surface area (Å²) in [6.07, 6.45) is 0. The number of anilines is 3. The summed E-state index contributed by atoms with van der Waals surface area (Å²) in [4.78, 5) is 2.56. The zero-order chi connectivity index (χ0) is 36.5. The number of aryl methyl sites for hydroxylation is 2. The van der Waals surface area contributed by atoms with Gasteiger partial charge in [-0.25, -0.2) is 0 Å². The summed E-state index contributed by atoms with van der Waals surface area (Å²) in [5.74, 6) is 4.05. The quantitative estimate of drug-likeness (QED) is 0.163. The van der Waals surface area contributed by atoms with Gasteiger partial charge in [0.05, 0.1) is 0 Å². The third-order valence-corrected chi connectivity index (χ3v) is 27.3. The van der Waals surface area contributed by atoms with E-state index in [0.717, 1.165) is 34.2 Å². The Morgan fingerprint density at radius 3 is 1.48 bits per heavy atom. The molecule has 0 unspecified atom stereocenters. The Morgan fingerprint density at radius 1 is 0.481 bits per heavy atom. The standard InChI is InChI=1S/C44H34NO2.C6H5.Sn/c1-26-15-17-28(18-16-26)45-29-21-35-33-11-7-9-13-37(33)43(3,4)41(35)39(23-29)46-31-19-27(2)20-32(25-31)47-40-24-30(45)22-36-34-12-8-10-14-38(34)44(5,6)42(36)40;1-2-4-6-5-3-1;/h7-22H,1-6H3;1-5H;. The van der Waals surface area contributed by atoms with Crippen LogP contribution in [0.15, 0.2) is 127 Å². The third kappa shape index (κ3) is 3.52. The number of ether oxygens (including phenoxy) is 2. The average molecular weight is 805 g/mol. The van der Waals surface area contributed by atoms with Gasteiger partial charge in [-0.15, -0.1) is 0 Å². The van der Waals surface area contributed by atoms with Gasteiger partial charge in [0.2, 0.25) is 0 Å². The fourth-order valence-electron chi connectivity index (χ4n) is 11.1. The first kappa shape index (κ1) is 31.1. The molecular weight excluding hydrogens is 765 g/mol. The second kappa shape index (κ2) is 10.1. The van der Waals surface area contributed by atoms with E-state index in [9.17, 15) is 0 Å². The molecule has 0 spiro atoms. The molecule has 3 nitrogen and oxygen atoms in total. The second-order valence-corrected chi connectivity index (χ2v) is 27.2. The van der Waals surface area contributed by atoms with Crippen LogP contribution in [0, 0.1) is 13.8 Å². The molecule has 7 aromatic carbocycles. The fourth-order valence-corrected chi connectivity index (χ4v) is 26.7. The zero-order valence-corrected chi connectivity index (χ0v) is 34.2. The van der Waals surface area contributed by atoms with E-state index >= 15 is 0 Å². The molecule has 0 N–H and O–H groups in total. The third-order valence-electron chi connectivity index (χ3n) is 13.3. The van der Waals surface area contributed by atoms with Crippen molar-refractivity contribution in [3.63, 3.8) is 0 Å². The first-order valence-corrected chi connectivity index (χ1v) is 24.9. The monoisotopic (exact) mass is 805 g/mol. The number of hydrogen-bond acceptors (Lipinski definition) is 3. The van der Waals surface area contributed by atoms with Gasteiger partial charge in [0.25, 0.3) is 0 Å². The van der Waals surface area contributed by atoms with Gasteiger partial charge in [0.15, 0.2) is 0 Å². The van der Waals surface area contributed by atoms with Crippen molar-refractivity contribution in [2.45, 2.75) is 52.4 Å². The molecule has 54 heavy (non-hydrogen) atoms.